The van der Waals surface area contributed by atoms with E-state index in [2.05, 4.69) is 14.6 Å². The summed E-state index contributed by atoms with van der Waals surface area (Å²) in [5.74, 6) is -0.624. The number of ether oxygens (including phenoxy) is 1. The number of aromatic nitrogens is 1. The number of halogens is 1. The van der Waals surface area contributed by atoms with Crippen molar-refractivity contribution in [2.45, 2.75) is 30.7 Å². The van der Waals surface area contributed by atoms with Crippen molar-refractivity contribution in [3.05, 3.63) is 35.6 Å². The van der Waals surface area contributed by atoms with Crippen LogP contribution in [0.15, 0.2) is 34.7 Å². The molecule has 2 aromatic rings. The molecule has 1 N–H and O–H groups in total. The number of hydrogen-bond acceptors (Lipinski definition) is 6. The maximum Gasteiger partial charge on any atom is 0.240 e. The van der Waals surface area contributed by atoms with Gasteiger partial charge in [0.15, 0.2) is 16.7 Å². The lowest BCUT2D eigenvalue weighted by Gasteiger charge is -2.31. The van der Waals surface area contributed by atoms with Crippen LogP contribution in [0.3, 0.4) is 0 Å². The molecule has 1 aliphatic heterocycles. The Labute approximate surface area is 150 Å². The van der Waals surface area contributed by atoms with E-state index in [1.54, 1.807) is 24.5 Å². The summed E-state index contributed by atoms with van der Waals surface area (Å²) < 4.78 is 46.7. The summed E-state index contributed by atoms with van der Waals surface area (Å²) in [5, 5.41) is 2.87. The Kier molecular flexibility index (Phi) is 5.55. The molecular formula is C16H20FN3O3S2. The van der Waals surface area contributed by atoms with Crippen molar-refractivity contribution in [1.82, 2.24) is 9.71 Å². The van der Waals surface area contributed by atoms with E-state index >= 15 is 0 Å². The van der Waals surface area contributed by atoms with E-state index in [1.165, 1.54) is 12.1 Å². The molecule has 0 amide bonds. The topological polar surface area (TPSA) is 71.5 Å². The molecule has 0 spiro atoms. The second-order valence-corrected chi connectivity index (χ2v) is 8.31. The summed E-state index contributed by atoms with van der Waals surface area (Å²) in [6.07, 6.45) is 3.12. The third-order valence-electron chi connectivity index (χ3n) is 4.02. The first-order valence-electron chi connectivity index (χ1n) is 8.08. The second-order valence-electron chi connectivity index (χ2n) is 5.72. The van der Waals surface area contributed by atoms with Crippen LogP contribution in [0.2, 0.25) is 0 Å². The molecule has 136 valence electrons. The number of thiazole rings is 1. The minimum absolute atomic E-state index is 0.0539. The number of hydrogen-bond donors (Lipinski definition) is 1. The molecule has 3 rings (SSSR count). The van der Waals surface area contributed by atoms with Gasteiger partial charge in [-0.25, -0.2) is 22.5 Å². The van der Waals surface area contributed by atoms with Crippen molar-refractivity contribution < 1.29 is 17.5 Å². The maximum atomic E-state index is 13.9. The molecule has 0 aliphatic carbocycles. The van der Waals surface area contributed by atoms with E-state index in [0.717, 1.165) is 24.3 Å². The van der Waals surface area contributed by atoms with Gasteiger partial charge in [-0.3, -0.25) is 0 Å². The highest BCUT2D eigenvalue weighted by Crippen LogP contribution is 2.24. The molecule has 1 saturated heterocycles. The molecule has 1 aromatic heterocycles. The van der Waals surface area contributed by atoms with Crippen LogP contribution in [0, 0.1) is 5.82 Å². The Bertz CT molecular complexity index is 804. The molecule has 0 bridgehead atoms. The number of piperidine rings is 1. The zero-order valence-electron chi connectivity index (χ0n) is 13.8. The SMILES string of the molecule is CCOc1ccc(S(=O)(=O)NC2CCN(c3nccs3)CC2)cc1F. The predicted octanol–water partition coefficient (Wildman–Crippen LogP) is 2.63. The van der Waals surface area contributed by atoms with Crippen LogP contribution in [0.5, 0.6) is 5.75 Å². The van der Waals surface area contributed by atoms with Crippen molar-refractivity contribution in [3.63, 3.8) is 0 Å². The smallest absolute Gasteiger partial charge is 0.240 e. The summed E-state index contributed by atoms with van der Waals surface area (Å²) in [5.41, 5.74) is 0. The minimum atomic E-state index is -3.76. The average molecular weight is 385 g/mol. The first kappa shape index (κ1) is 18.1. The van der Waals surface area contributed by atoms with E-state index in [1.807, 2.05) is 5.38 Å². The number of anilines is 1. The van der Waals surface area contributed by atoms with Gasteiger partial charge in [0.1, 0.15) is 0 Å². The molecule has 9 heteroatoms. The number of nitrogens with zero attached hydrogens (tertiary/aromatic N) is 2. The van der Waals surface area contributed by atoms with Gasteiger partial charge in [0.05, 0.1) is 11.5 Å². The van der Waals surface area contributed by atoms with Gasteiger partial charge in [0.25, 0.3) is 0 Å². The molecule has 0 saturated carbocycles. The lowest BCUT2D eigenvalue weighted by atomic mass is 10.1. The maximum absolute atomic E-state index is 13.9. The van der Waals surface area contributed by atoms with E-state index in [9.17, 15) is 12.8 Å². The highest BCUT2D eigenvalue weighted by molar-refractivity contribution is 7.89. The number of rotatable bonds is 6. The van der Waals surface area contributed by atoms with Gasteiger partial charge < -0.3 is 9.64 Å². The van der Waals surface area contributed by atoms with Crippen LogP contribution in [-0.4, -0.2) is 39.1 Å². The first-order chi connectivity index (χ1) is 12.0. The van der Waals surface area contributed by atoms with Crippen molar-refractivity contribution in [1.29, 1.82) is 0 Å². The van der Waals surface area contributed by atoms with Gasteiger partial charge in [-0.1, -0.05) is 0 Å². The van der Waals surface area contributed by atoms with E-state index in [0.29, 0.717) is 19.4 Å². The van der Waals surface area contributed by atoms with Gasteiger partial charge in [-0.2, -0.15) is 0 Å². The Hall–Kier alpha value is -1.71. The lowest BCUT2D eigenvalue weighted by molar-refractivity contribution is 0.321. The fraction of sp³-hybridized carbons (Fsp3) is 0.438. The zero-order chi connectivity index (χ0) is 17.9. The van der Waals surface area contributed by atoms with E-state index < -0.39 is 15.8 Å². The lowest BCUT2D eigenvalue weighted by Crippen LogP contribution is -2.44. The minimum Gasteiger partial charge on any atom is -0.491 e. The Balaban J connectivity index is 1.63. The van der Waals surface area contributed by atoms with Crippen LogP contribution in [0.25, 0.3) is 0 Å². The quantitative estimate of drug-likeness (QED) is 0.828. The van der Waals surface area contributed by atoms with Gasteiger partial charge in [-0.05, 0) is 38.0 Å². The average Bonchev–Trinajstić information content (AvgIpc) is 3.12. The van der Waals surface area contributed by atoms with Crippen molar-refractivity contribution in [2.24, 2.45) is 0 Å². The Morgan fingerprint density at radius 3 is 2.76 bits per heavy atom. The van der Waals surface area contributed by atoms with Gasteiger partial charge >= 0.3 is 0 Å². The van der Waals surface area contributed by atoms with E-state index in [4.69, 9.17) is 4.74 Å². The van der Waals surface area contributed by atoms with Gasteiger partial charge in [0, 0.05) is 30.7 Å². The molecule has 1 aromatic carbocycles. The monoisotopic (exact) mass is 385 g/mol. The van der Waals surface area contributed by atoms with Crippen LogP contribution in [0.1, 0.15) is 19.8 Å². The van der Waals surface area contributed by atoms with Gasteiger partial charge in [-0.15, -0.1) is 11.3 Å². The summed E-state index contributed by atoms with van der Waals surface area (Å²) in [7, 11) is -3.76. The first-order valence-corrected chi connectivity index (χ1v) is 10.4. The van der Waals surface area contributed by atoms with Crippen LogP contribution >= 0.6 is 11.3 Å². The molecule has 25 heavy (non-hydrogen) atoms. The van der Waals surface area contributed by atoms with Crippen molar-refractivity contribution >= 4 is 26.5 Å². The molecule has 0 radical (unpaired) electrons. The van der Waals surface area contributed by atoms with Crippen molar-refractivity contribution in [3.8, 4) is 5.75 Å². The molecule has 1 fully saturated rings. The van der Waals surface area contributed by atoms with Crippen molar-refractivity contribution in [2.75, 3.05) is 24.6 Å². The third kappa shape index (κ3) is 4.28. The van der Waals surface area contributed by atoms with Crippen LogP contribution in [0.4, 0.5) is 9.52 Å². The fourth-order valence-corrected chi connectivity index (χ4v) is 4.78. The molecule has 0 atom stereocenters. The van der Waals surface area contributed by atoms with E-state index in [-0.39, 0.29) is 16.7 Å². The number of nitrogens with one attached hydrogen (secondary N) is 1. The molecule has 2 heterocycles. The highest BCUT2D eigenvalue weighted by Gasteiger charge is 2.26. The predicted molar refractivity (Wildman–Crippen MR) is 95.2 cm³/mol. The summed E-state index contributed by atoms with van der Waals surface area (Å²) in [6.45, 7) is 3.53. The number of sulfonamides is 1. The normalized spacial score (nSPS) is 16.2. The Morgan fingerprint density at radius 2 is 2.16 bits per heavy atom. The summed E-state index contributed by atoms with van der Waals surface area (Å²) in [6, 6.07) is 3.54. The molecule has 0 unspecified atom stereocenters. The molecular weight excluding hydrogens is 365 g/mol. The molecule has 1 aliphatic rings. The van der Waals surface area contributed by atoms with Gasteiger partial charge in [0.2, 0.25) is 10.0 Å². The summed E-state index contributed by atoms with van der Waals surface area (Å²) >= 11 is 1.57. The number of benzene rings is 1. The standard InChI is InChI=1S/C16H20FN3O3S2/c1-2-23-15-4-3-13(11-14(15)17)25(21,22)19-12-5-8-20(9-6-12)16-18-7-10-24-16/h3-4,7,10-12,19H,2,5-6,8-9H2,1H3. The highest BCUT2D eigenvalue weighted by atomic mass is 32.2. The van der Waals surface area contributed by atoms with Crippen LogP contribution in [-0.2, 0) is 10.0 Å². The second kappa shape index (κ2) is 7.67. The Morgan fingerprint density at radius 1 is 1.40 bits per heavy atom. The third-order valence-corrected chi connectivity index (χ3v) is 6.37. The zero-order valence-corrected chi connectivity index (χ0v) is 15.4. The van der Waals surface area contributed by atoms with Crippen LogP contribution < -0.4 is 14.4 Å². The summed E-state index contributed by atoms with van der Waals surface area (Å²) in [4.78, 5) is 6.33. The largest absolute Gasteiger partial charge is 0.491 e. The fourth-order valence-electron chi connectivity index (χ4n) is 2.77. The molecule has 6 nitrogen and oxygen atoms in total.